The molecule has 0 radical (unpaired) electrons. The number of ether oxygens (including phenoxy) is 1. The number of rotatable bonds is 9. The highest BCUT2D eigenvalue weighted by atomic mass is 32.2. The number of amidine groups is 1. The molecule has 0 unspecified atom stereocenters. The molecular formula is C20H31N3O2S. The Kier molecular flexibility index (Phi) is 9.18. The molecule has 0 bridgehead atoms. The smallest absolute Gasteiger partial charge is 0.129 e. The largest absolute Gasteiger partial charge is 0.394 e. The number of benzene rings is 1. The van der Waals surface area contributed by atoms with E-state index < -0.39 is 0 Å². The molecule has 1 heterocycles. The Labute approximate surface area is 161 Å². The van der Waals surface area contributed by atoms with Gasteiger partial charge in [0.2, 0.25) is 0 Å². The van der Waals surface area contributed by atoms with Crippen LogP contribution in [0.25, 0.3) is 0 Å². The van der Waals surface area contributed by atoms with E-state index in [1.807, 2.05) is 12.1 Å². The van der Waals surface area contributed by atoms with Crippen molar-refractivity contribution >= 4 is 17.6 Å². The Morgan fingerprint density at radius 2 is 1.96 bits per heavy atom. The van der Waals surface area contributed by atoms with Crippen molar-refractivity contribution in [2.24, 2.45) is 0 Å². The molecule has 144 valence electrons. The fourth-order valence-corrected chi connectivity index (χ4v) is 4.00. The number of allylic oxidation sites excluding steroid dienone is 2. The van der Waals surface area contributed by atoms with Crippen LogP contribution >= 0.6 is 11.8 Å². The maximum atomic E-state index is 8.74. The lowest BCUT2D eigenvalue weighted by atomic mass is 10.1. The van der Waals surface area contributed by atoms with Crippen LogP contribution in [0.3, 0.4) is 0 Å². The van der Waals surface area contributed by atoms with E-state index in [4.69, 9.17) is 15.3 Å². The molecule has 1 aromatic rings. The first kappa shape index (κ1) is 21.0. The molecule has 0 spiro atoms. The van der Waals surface area contributed by atoms with Gasteiger partial charge in [0.25, 0.3) is 0 Å². The molecule has 2 rings (SSSR count). The van der Waals surface area contributed by atoms with Gasteiger partial charge in [-0.1, -0.05) is 43.0 Å². The first-order chi connectivity index (χ1) is 12.7. The summed E-state index contributed by atoms with van der Waals surface area (Å²) in [6.07, 6.45) is 3.26. The van der Waals surface area contributed by atoms with E-state index in [9.17, 15) is 0 Å². The molecule has 0 saturated carbocycles. The molecule has 0 aromatic heterocycles. The number of piperazine rings is 1. The molecule has 0 amide bonds. The Hall–Kier alpha value is -1.34. The van der Waals surface area contributed by atoms with Gasteiger partial charge < -0.3 is 14.7 Å². The molecular weight excluding hydrogens is 346 g/mol. The number of hydrogen-bond donors (Lipinski definition) is 2. The second kappa shape index (κ2) is 11.4. The monoisotopic (exact) mass is 377 g/mol. The van der Waals surface area contributed by atoms with Crippen LogP contribution in [0.15, 0.2) is 40.1 Å². The number of nitrogens with one attached hydrogen (secondary N) is 1. The Balaban J connectivity index is 1.91. The van der Waals surface area contributed by atoms with Crippen molar-refractivity contribution in [1.29, 1.82) is 5.41 Å². The lowest BCUT2D eigenvalue weighted by molar-refractivity contribution is 0.0651. The van der Waals surface area contributed by atoms with Gasteiger partial charge in [0.1, 0.15) is 5.84 Å². The highest BCUT2D eigenvalue weighted by molar-refractivity contribution is 8.03. The number of aliphatic hydroxyl groups excluding tert-OH is 1. The number of thioether (sulfide) groups is 1. The van der Waals surface area contributed by atoms with E-state index in [1.54, 1.807) is 11.8 Å². The van der Waals surface area contributed by atoms with E-state index in [2.05, 4.69) is 41.9 Å². The van der Waals surface area contributed by atoms with Crippen LogP contribution in [0.5, 0.6) is 0 Å². The summed E-state index contributed by atoms with van der Waals surface area (Å²) < 4.78 is 5.35. The summed E-state index contributed by atoms with van der Waals surface area (Å²) >= 11 is 1.75. The predicted octanol–water partition coefficient (Wildman–Crippen LogP) is 3.04. The van der Waals surface area contributed by atoms with E-state index in [1.165, 1.54) is 4.91 Å². The minimum atomic E-state index is 0.0787. The second-order valence-electron chi connectivity index (χ2n) is 6.33. The zero-order valence-electron chi connectivity index (χ0n) is 15.9. The summed E-state index contributed by atoms with van der Waals surface area (Å²) in [7, 11) is 0. The van der Waals surface area contributed by atoms with Crippen molar-refractivity contribution in [2.45, 2.75) is 25.2 Å². The van der Waals surface area contributed by atoms with Crippen molar-refractivity contribution < 1.29 is 9.84 Å². The van der Waals surface area contributed by atoms with Gasteiger partial charge in [-0.25, -0.2) is 0 Å². The maximum Gasteiger partial charge on any atom is 0.129 e. The number of aliphatic hydroxyl groups is 1. The van der Waals surface area contributed by atoms with Crippen molar-refractivity contribution in [3.8, 4) is 0 Å². The lowest BCUT2D eigenvalue weighted by Crippen LogP contribution is -2.49. The van der Waals surface area contributed by atoms with Crippen molar-refractivity contribution in [3.05, 3.63) is 40.8 Å². The van der Waals surface area contributed by atoms with Gasteiger partial charge in [-0.2, -0.15) is 0 Å². The summed E-state index contributed by atoms with van der Waals surface area (Å²) in [5.74, 6) is 0.619. The minimum Gasteiger partial charge on any atom is -0.394 e. The van der Waals surface area contributed by atoms with Crippen LogP contribution in [-0.4, -0.2) is 73.3 Å². The van der Waals surface area contributed by atoms with Gasteiger partial charge >= 0.3 is 0 Å². The van der Waals surface area contributed by atoms with Gasteiger partial charge in [0.15, 0.2) is 0 Å². The summed E-state index contributed by atoms with van der Waals surface area (Å²) in [4.78, 5) is 6.96. The molecule has 0 aliphatic carbocycles. The molecule has 1 aliphatic heterocycles. The van der Waals surface area contributed by atoms with Crippen LogP contribution in [-0.2, 0) is 4.74 Å². The number of nitrogens with zero attached hydrogens (tertiary/aromatic N) is 2. The molecule has 26 heavy (non-hydrogen) atoms. The zero-order chi connectivity index (χ0) is 18.8. The maximum absolute atomic E-state index is 8.74. The topological polar surface area (TPSA) is 59.8 Å². The summed E-state index contributed by atoms with van der Waals surface area (Å²) in [5.41, 5.74) is 1.01. The van der Waals surface area contributed by atoms with Crippen molar-refractivity contribution in [1.82, 2.24) is 9.80 Å². The Morgan fingerprint density at radius 3 is 2.65 bits per heavy atom. The normalized spacial score (nSPS) is 16.1. The van der Waals surface area contributed by atoms with Gasteiger partial charge in [0, 0.05) is 43.2 Å². The average molecular weight is 378 g/mol. The second-order valence-corrected chi connectivity index (χ2v) is 7.62. The van der Waals surface area contributed by atoms with Gasteiger partial charge in [0.05, 0.1) is 19.8 Å². The molecule has 2 N–H and O–H groups in total. The third-order valence-corrected chi connectivity index (χ3v) is 5.45. The molecule has 6 heteroatoms. The van der Waals surface area contributed by atoms with Crippen LogP contribution in [0.2, 0.25) is 0 Å². The lowest BCUT2D eigenvalue weighted by Gasteiger charge is -2.36. The zero-order valence-corrected chi connectivity index (χ0v) is 16.7. The molecule has 0 atom stereocenters. The molecule has 1 fully saturated rings. The summed E-state index contributed by atoms with van der Waals surface area (Å²) in [6.45, 7) is 9.90. The SMILES string of the molecule is CC/C=C(\C)Sc1ccccc1C(=N)N1CCN(CCOCCO)CC1. The fraction of sp³-hybridized carbons (Fsp3) is 0.550. The van der Waals surface area contributed by atoms with Gasteiger partial charge in [-0.15, -0.1) is 0 Å². The number of hydrogen-bond acceptors (Lipinski definition) is 5. The summed E-state index contributed by atoms with van der Waals surface area (Å²) in [5, 5.41) is 17.4. The standard InChI is InChI=1S/C20H31N3O2S/c1-3-6-17(2)26-19-8-5-4-7-18(19)20(21)23-11-9-22(10-12-23)13-15-25-16-14-24/h4-8,21,24H,3,9-16H2,1-2H3/b17-6+,21-20?. The first-order valence-electron chi connectivity index (χ1n) is 9.34. The van der Waals surface area contributed by atoms with E-state index in [0.29, 0.717) is 19.0 Å². The van der Waals surface area contributed by atoms with E-state index >= 15 is 0 Å². The summed E-state index contributed by atoms with van der Waals surface area (Å²) in [6, 6.07) is 8.22. The van der Waals surface area contributed by atoms with E-state index in [0.717, 1.165) is 49.6 Å². The predicted molar refractivity (Wildman–Crippen MR) is 109 cm³/mol. The molecule has 1 aromatic carbocycles. The minimum absolute atomic E-state index is 0.0787. The van der Waals surface area contributed by atoms with Crippen LogP contribution in [0.4, 0.5) is 0 Å². The average Bonchev–Trinajstić information content (AvgIpc) is 2.66. The van der Waals surface area contributed by atoms with Crippen molar-refractivity contribution in [2.75, 3.05) is 52.5 Å². The molecule has 1 saturated heterocycles. The van der Waals surface area contributed by atoms with Crippen LogP contribution < -0.4 is 0 Å². The fourth-order valence-electron chi connectivity index (χ4n) is 2.98. The Morgan fingerprint density at radius 1 is 1.23 bits per heavy atom. The third-order valence-electron chi connectivity index (χ3n) is 4.38. The van der Waals surface area contributed by atoms with Crippen LogP contribution in [0, 0.1) is 5.41 Å². The first-order valence-corrected chi connectivity index (χ1v) is 10.2. The van der Waals surface area contributed by atoms with E-state index in [-0.39, 0.29) is 6.61 Å². The van der Waals surface area contributed by atoms with Gasteiger partial charge in [-0.05, 0) is 24.3 Å². The Bertz CT molecular complexity index is 598. The van der Waals surface area contributed by atoms with Crippen LogP contribution in [0.1, 0.15) is 25.8 Å². The highest BCUT2D eigenvalue weighted by Gasteiger charge is 2.21. The highest BCUT2D eigenvalue weighted by Crippen LogP contribution is 2.30. The molecule has 1 aliphatic rings. The van der Waals surface area contributed by atoms with Gasteiger partial charge in [-0.3, -0.25) is 10.3 Å². The third kappa shape index (κ3) is 6.43. The quantitative estimate of drug-likeness (QED) is 0.300. The van der Waals surface area contributed by atoms with Crippen molar-refractivity contribution in [3.63, 3.8) is 0 Å². The molecule has 5 nitrogen and oxygen atoms in total.